The minimum absolute atomic E-state index is 0.350. The molecule has 0 unspecified atom stereocenters. The molecule has 0 atom stereocenters. The van der Waals surface area contributed by atoms with Crippen molar-refractivity contribution in [2.75, 3.05) is 0 Å². The molecule has 2 nitrogen and oxygen atoms in total. The number of benzene rings is 2. The van der Waals surface area contributed by atoms with Crippen LogP contribution in [0.3, 0.4) is 0 Å². The van der Waals surface area contributed by atoms with Crippen molar-refractivity contribution in [2.24, 2.45) is 0 Å². The van der Waals surface area contributed by atoms with Crippen LogP contribution in [0.5, 0.6) is 5.75 Å². The normalized spacial score (nSPS) is 11.5. The van der Waals surface area contributed by atoms with Crippen LogP contribution in [0.2, 0.25) is 0 Å². The first-order valence-electron chi connectivity index (χ1n) is 5.18. The number of esters is 1. The van der Waals surface area contributed by atoms with Gasteiger partial charge < -0.3 is 4.74 Å². The quantitative estimate of drug-likeness (QED) is 0.474. The molecule has 0 fully saturated rings. The lowest BCUT2D eigenvalue weighted by Gasteiger charge is -2.05. The minimum atomic E-state index is -0.350. The monoisotopic (exact) mass is 290 g/mol. The van der Waals surface area contributed by atoms with E-state index in [9.17, 15) is 4.79 Å². The molecule has 2 rings (SSSR count). The number of carbonyl (C=O) groups is 1. The molecule has 0 aliphatic carbocycles. The van der Waals surface area contributed by atoms with Crippen LogP contribution in [0, 0.1) is 0 Å². The predicted molar refractivity (Wildman–Crippen MR) is 72.3 cm³/mol. The largest absolute Gasteiger partial charge is 0.423 e. The van der Waals surface area contributed by atoms with Gasteiger partial charge >= 0.3 is 5.97 Å². The number of fused-ring (bicyclic) bond motifs is 1. The molecule has 3 heteroatoms. The molecule has 0 spiro atoms. The molecule has 0 heterocycles. The summed E-state index contributed by atoms with van der Waals surface area (Å²) in [4.78, 5) is 13.1. The van der Waals surface area contributed by atoms with Gasteiger partial charge in [0.15, 0.2) is 0 Å². The third-order valence-electron chi connectivity index (χ3n) is 2.42. The fourth-order valence-electron chi connectivity index (χ4n) is 1.46. The lowest BCUT2D eigenvalue weighted by molar-refractivity contribution is -0.130. The minimum Gasteiger partial charge on any atom is -0.423 e. The van der Waals surface area contributed by atoms with E-state index in [1.165, 1.54) is 0 Å². The topological polar surface area (TPSA) is 26.3 Å². The fourth-order valence-corrected chi connectivity index (χ4v) is 1.65. The predicted octanol–water partition coefficient (Wildman–Crippen LogP) is 4.04. The summed E-state index contributed by atoms with van der Waals surface area (Å²) in [7, 11) is 0. The van der Waals surface area contributed by atoms with E-state index in [4.69, 9.17) is 4.74 Å². The van der Waals surface area contributed by atoms with Gasteiger partial charge in [-0.1, -0.05) is 46.3 Å². The molecule has 0 N–H and O–H groups in total. The average Bonchev–Trinajstić information content (AvgIpc) is 2.37. The number of rotatable bonds is 2. The maximum Gasteiger partial charge on any atom is 0.339 e. The molecular formula is C14H11BrO2. The van der Waals surface area contributed by atoms with Gasteiger partial charge in [-0.25, -0.2) is 4.79 Å². The number of ether oxygens (including phenoxy) is 1. The van der Waals surface area contributed by atoms with Crippen molar-refractivity contribution in [1.29, 1.82) is 0 Å². The van der Waals surface area contributed by atoms with Crippen molar-refractivity contribution in [2.45, 2.75) is 6.92 Å². The maximum absolute atomic E-state index is 11.6. The summed E-state index contributed by atoms with van der Waals surface area (Å²) in [5.41, 5.74) is 0.526. The van der Waals surface area contributed by atoms with Gasteiger partial charge in [0.2, 0.25) is 0 Å². The highest BCUT2D eigenvalue weighted by molar-refractivity contribution is 9.11. The molecule has 2 aromatic rings. The van der Waals surface area contributed by atoms with E-state index >= 15 is 0 Å². The van der Waals surface area contributed by atoms with E-state index in [1.807, 2.05) is 36.4 Å². The average molecular weight is 291 g/mol. The molecule has 0 saturated heterocycles. The van der Waals surface area contributed by atoms with Crippen LogP contribution >= 0.6 is 15.9 Å². The van der Waals surface area contributed by atoms with E-state index in [1.54, 1.807) is 18.0 Å². The van der Waals surface area contributed by atoms with Crippen molar-refractivity contribution >= 4 is 32.7 Å². The van der Waals surface area contributed by atoms with Crippen molar-refractivity contribution in [3.8, 4) is 5.75 Å². The lowest BCUT2D eigenvalue weighted by Crippen LogP contribution is -2.08. The van der Waals surface area contributed by atoms with Crippen LogP contribution in [-0.2, 0) is 4.79 Å². The molecule has 0 radical (unpaired) electrons. The second-order valence-electron chi connectivity index (χ2n) is 3.69. The summed E-state index contributed by atoms with van der Waals surface area (Å²) in [5.74, 6) is 0.208. The Morgan fingerprint density at radius 3 is 2.59 bits per heavy atom. The Bertz CT molecular complexity index is 588. The van der Waals surface area contributed by atoms with E-state index in [0.29, 0.717) is 11.3 Å². The maximum atomic E-state index is 11.6. The van der Waals surface area contributed by atoms with Crippen molar-refractivity contribution < 1.29 is 9.53 Å². The van der Waals surface area contributed by atoms with Crippen LogP contribution < -0.4 is 4.74 Å². The van der Waals surface area contributed by atoms with E-state index in [0.717, 1.165) is 10.8 Å². The van der Waals surface area contributed by atoms with E-state index in [-0.39, 0.29) is 5.97 Å². The highest BCUT2D eigenvalue weighted by Gasteiger charge is 2.06. The van der Waals surface area contributed by atoms with Crippen molar-refractivity contribution in [3.05, 3.63) is 53.0 Å². The molecule has 0 bridgehead atoms. The van der Waals surface area contributed by atoms with Gasteiger partial charge in [-0.3, -0.25) is 0 Å². The molecule has 0 saturated carbocycles. The zero-order valence-electron chi connectivity index (χ0n) is 9.31. The Morgan fingerprint density at radius 1 is 1.18 bits per heavy atom. The van der Waals surface area contributed by atoms with Gasteiger partial charge in [0.25, 0.3) is 0 Å². The third-order valence-corrected chi connectivity index (χ3v) is 3.10. The molecule has 0 aromatic heterocycles. The number of carbonyl (C=O) groups excluding carboxylic acids is 1. The first-order chi connectivity index (χ1) is 8.20. The van der Waals surface area contributed by atoms with Crippen LogP contribution in [0.4, 0.5) is 0 Å². The molecule has 86 valence electrons. The van der Waals surface area contributed by atoms with Crippen LogP contribution in [-0.4, -0.2) is 5.97 Å². The first kappa shape index (κ1) is 11.9. The highest BCUT2D eigenvalue weighted by atomic mass is 79.9. The van der Waals surface area contributed by atoms with Crippen LogP contribution in [0.1, 0.15) is 6.92 Å². The summed E-state index contributed by atoms with van der Waals surface area (Å²) in [6, 6.07) is 13.5. The molecule has 17 heavy (non-hydrogen) atoms. The lowest BCUT2D eigenvalue weighted by atomic mass is 10.1. The third kappa shape index (κ3) is 2.74. The molecule has 0 aliphatic heterocycles. The summed E-state index contributed by atoms with van der Waals surface area (Å²) < 4.78 is 5.24. The van der Waals surface area contributed by atoms with Crippen molar-refractivity contribution in [3.63, 3.8) is 0 Å². The summed E-state index contributed by atoms with van der Waals surface area (Å²) in [5, 5.41) is 2.18. The number of hydrogen-bond acceptors (Lipinski definition) is 2. The SMILES string of the molecule is C/C(=C\Br)C(=O)Oc1ccc2ccccc2c1. The second-order valence-corrected chi connectivity index (χ2v) is 4.15. The van der Waals surface area contributed by atoms with Crippen LogP contribution in [0.15, 0.2) is 53.0 Å². The van der Waals surface area contributed by atoms with E-state index < -0.39 is 0 Å². The van der Waals surface area contributed by atoms with Gasteiger partial charge in [-0.05, 0) is 34.8 Å². The summed E-state index contributed by atoms with van der Waals surface area (Å²) in [6.45, 7) is 1.69. The Morgan fingerprint density at radius 2 is 1.88 bits per heavy atom. The Hall–Kier alpha value is -1.61. The Balaban J connectivity index is 2.28. The van der Waals surface area contributed by atoms with Gasteiger partial charge in [-0.2, -0.15) is 0 Å². The molecule has 2 aromatic carbocycles. The fraction of sp³-hybridized carbons (Fsp3) is 0.0714. The number of halogens is 1. The van der Waals surface area contributed by atoms with Crippen molar-refractivity contribution in [1.82, 2.24) is 0 Å². The Labute approximate surface area is 108 Å². The number of hydrogen-bond donors (Lipinski definition) is 0. The second kappa shape index (κ2) is 5.15. The molecular weight excluding hydrogens is 280 g/mol. The van der Waals surface area contributed by atoms with Crippen LogP contribution in [0.25, 0.3) is 10.8 Å². The van der Waals surface area contributed by atoms with Gasteiger partial charge in [0, 0.05) is 5.57 Å². The zero-order chi connectivity index (χ0) is 12.3. The van der Waals surface area contributed by atoms with Gasteiger partial charge in [0.05, 0.1) is 0 Å². The van der Waals surface area contributed by atoms with Gasteiger partial charge in [-0.15, -0.1) is 0 Å². The zero-order valence-corrected chi connectivity index (χ0v) is 10.9. The standard InChI is InChI=1S/C14H11BrO2/c1-10(9-15)14(16)17-13-7-6-11-4-2-3-5-12(11)8-13/h2-9H,1H3/b10-9+. The highest BCUT2D eigenvalue weighted by Crippen LogP contribution is 2.21. The molecule has 0 aliphatic rings. The van der Waals surface area contributed by atoms with E-state index in [2.05, 4.69) is 15.9 Å². The summed E-state index contributed by atoms with van der Waals surface area (Å²) in [6.07, 6.45) is 0. The first-order valence-corrected chi connectivity index (χ1v) is 6.10. The molecule has 0 amide bonds. The van der Waals surface area contributed by atoms with Gasteiger partial charge in [0.1, 0.15) is 5.75 Å². The summed E-state index contributed by atoms with van der Waals surface area (Å²) >= 11 is 3.11. The Kier molecular flexibility index (Phi) is 3.59. The smallest absolute Gasteiger partial charge is 0.339 e.